The van der Waals surface area contributed by atoms with Crippen LogP contribution in [0.1, 0.15) is 19.3 Å². The molecule has 4 atom stereocenters. The Kier molecular flexibility index (Phi) is 6.49. The predicted molar refractivity (Wildman–Crippen MR) is 67.0 cm³/mol. The Balaban J connectivity index is 0.000000141. The number of aliphatic hydroxyl groups is 2. The third-order valence-corrected chi connectivity index (χ3v) is 3.05. The lowest BCUT2D eigenvalue weighted by atomic mass is 10.1. The van der Waals surface area contributed by atoms with E-state index in [0.717, 1.165) is 39.5 Å². The summed E-state index contributed by atoms with van der Waals surface area (Å²) >= 11 is 0. The van der Waals surface area contributed by atoms with Gasteiger partial charge in [0, 0.05) is 13.0 Å². The lowest BCUT2D eigenvalue weighted by Crippen LogP contribution is -2.10. The molecule has 0 aromatic heterocycles. The van der Waals surface area contributed by atoms with E-state index >= 15 is 0 Å². The first-order valence-electron chi connectivity index (χ1n) is 6.99. The maximum Gasteiger partial charge on any atom is 0.104 e. The molecule has 6 nitrogen and oxygen atoms in total. The van der Waals surface area contributed by atoms with E-state index < -0.39 is 0 Å². The molecule has 3 saturated heterocycles. The molecule has 112 valence electrons. The van der Waals surface area contributed by atoms with Crippen LogP contribution in [0.4, 0.5) is 0 Å². The van der Waals surface area contributed by atoms with E-state index in [-0.39, 0.29) is 12.7 Å². The summed E-state index contributed by atoms with van der Waals surface area (Å²) in [6.07, 6.45) is 2.92. The van der Waals surface area contributed by atoms with E-state index in [1.807, 2.05) is 0 Å². The summed E-state index contributed by atoms with van der Waals surface area (Å²) in [5.74, 6) is 0. The van der Waals surface area contributed by atoms with E-state index in [2.05, 4.69) is 0 Å². The van der Waals surface area contributed by atoms with Crippen molar-refractivity contribution in [2.24, 2.45) is 0 Å². The highest BCUT2D eigenvalue weighted by Gasteiger charge is 2.26. The Bertz CT molecular complexity index is 225. The zero-order valence-corrected chi connectivity index (χ0v) is 11.2. The van der Waals surface area contributed by atoms with E-state index in [1.54, 1.807) is 0 Å². The molecular formula is C13H24O6. The maximum atomic E-state index is 9.20. The van der Waals surface area contributed by atoms with Crippen molar-refractivity contribution in [3.8, 4) is 0 Å². The Morgan fingerprint density at radius 1 is 1.00 bits per heavy atom. The standard InChI is InChI=1S/C7H14O3.C6H10O3/c8-3-1-2-6(9)4-7-5-10-7;1(5-3-8-5)7-2-6-4-9-6/h6-9H,1-5H2;5-6H,1-4H2. The summed E-state index contributed by atoms with van der Waals surface area (Å²) in [4.78, 5) is 0. The summed E-state index contributed by atoms with van der Waals surface area (Å²) in [6.45, 7) is 4.23. The number of aliphatic hydroxyl groups excluding tert-OH is 2. The smallest absolute Gasteiger partial charge is 0.104 e. The van der Waals surface area contributed by atoms with Gasteiger partial charge in [-0.05, 0) is 12.8 Å². The fourth-order valence-electron chi connectivity index (χ4n) is 1.61. The molecule has 0 aromatic carbocycles. The van der Waals surface area contributed by atoms with Gasteiger partial charge in [0.15, 0.2) is 0 Å². The highest BCUT2D eigenvalue weighted by molar-refractivity contribution is 4.73. The number of epoxide rings is 3. The summed E-state index contributed by atoms with van der Waals surface area (Å²) in [6, 6.07) is 0. The van der Waals surface area contributed by atoms with Crippen molar-refractivity contribution >= 4 is 0 Å². The fourth-order valence-corrected chi connectivity index (χ4v) is 1.61. The number of hydrogen-bond donors (Lipinski definition) is 2. The Morgan fingerprint density at radius 2 is 1.53 bits per heavy atom. The second-order valence-corrected chi connectivity index (χ2v) is 5.16. The van der Waals surface area contributed by atoms with Crippen LogP contribution in [-0.4, -0.2) is 74.3 Å². The molecule has 0 aromatic rings. The van der Waals surface area contributed by atoms with Crippen molar-refractivity contribution in [2.45, 2.75) is 43.7 Å². The van der Waals surface area contributed by atoms with Gasteiger partial charge in [0.2, 0.25) is 0 Å². The van der Waals surface area contributed by atoms with E-state index in [9.17, 15) is 5.11 Å². The van der Waals surface area contributed by atoms with Gasteiger partial charge in [-0.25, -0.2) is 0 Å². The zero-order chi connectivity index (χ0) is 13.5. The molecule has 0 aliphatic carbocycles. The molecule has 3 aliphatic rings. The van der Waals surface area contributed by atoms with Crippen molar-refractivity contribution in [2.75, 3.05) is 39.6 Å². The van der Waals surface area contributed by atoms with Gasteiger partial charge in [0.25, 0.3) is 0 Å². The van der Waals surface area contributed by atoms with Crippen molar-refractivity contribution in [3.63, 3.8) is 0 Å². The Hall–Kier alpha value is -0.240. The molecule has 3 rings (SSSR count). The van der Waals surface area contributed by atoms with Crippen molar-refractivity contribution in [3.05, 3.63) is 0 Å². The van der Waals surface area contributed by atoms with Crippen LogP contribution in [0, 0.1) is 0 Å². The average molecular weight is 276 g/mol. The average Bonchev–Trinajstić information content (AvgIpc) is 3.25. The lowest BCUT2D eigenvalue weighted by molar-refractivity contribution is 0.102. The number of ether oxygens (including phenoxy) is 4. The van der Waals surface area contributed by atoms with Crippen LogP contribution in [0.2, 0.25) is 0 Å². The van der Waals surface area contributed by atoms with Gasteiger partial charge < -0.3 is 29.2 Å². The first-order chi connectivity index (χ1) is 9.28. The molecule has 3 aliphatic heterocycles. The van der Waals surface area contributed by atoms with Gasteiger partial charge in [0.05, 0.1) is 45.2 Å². The van der Waals surface area contributed by atoms with Gasteiger partial charge in [-0.1, -0.05) is 0 Å². The molecule has 0 bridgehead atoms. The molecule has 6 heteroatoms. The minimum Gasteiger partial charge on any atom is -0.396 e. The zero-order valence-electron chi connectivity index (χ0n) is 11.2. The second-order valence-electron chi connectivity index (χ2n) is 5.16. The van der Waals surface area contributed by atoms with Crippen LogP contribution in [0.25, 0.3) is 0 Å². The third kappa shape index (κ3) is 8.52. The SMILES string of the molecule is C(OCC1CO1)C1CO1.OCCCC(O)CC1CO1. The topological polar surface area (TPSA) is 87.3 Å². The molecule has 19 heavy (non-hydrogen) atoms. The maximum absolute atomic E-state index is 9.20. The highest BCUT2D eigenvalue weighted by atomic mass is 16.6. The van der Waals surface area contributed by atoms with Crippen molar-refractivity contribution in [1.82, 2.24) is 0 Å². The van der Waals surface area contributed by atoms with Crippen LogP contribution >= 0.6 is 0 Å². The summed E-state index contributed by atoms with van der Waals surface area (Å²) < 4.78 is 20.1. The van der Waals surface area contributed by atoms with Gasteiger partial charge in [0.1, 0.15) is 12.2 Å². The molecule has 0 radical (unpaired) electrons. The van der Waals surface area contributed by atoms with Crippen LogP contribution < -0.4 is 0 Å². The van der Waals surface area contributed by atoms with Crippen molar-refractivity contribution < 1.29 is 29.2 Å². The fraction of sp³-hybridized carbons (Fsp3) is 1.00. The van der Waals surface area contributed by atoms with Gasteiger partial charge >= 0.3 is 0 Å². The summed E-state index contributed by atoms with van der Waals surface area (Å²) in [5.41, 5.74) is 0. The number of rotatable bonds is 9. The van der Waals surface area contributed by atoms with Gasteiger partial charge in [-0.2, -0.15) is 0 Å². The number of hydrogen-bond acceptors (Lipinski definition) is 6. The monoisotopic (exact) mass is 276 g/mol. The van der Waals surface area contributed by atoms with Gasteiger partial charge in [-0.3, -0.25) is 0 Å². The van der Waals surface area contributed by atoms with Crippen LogP contribution in [0.5, 0.6) is 0 Å². The Labute approximate surface area is 113 Å². The lowest BCUT2D eigenvalue weighted by Gasteiger charge is -2.05. The van der Waals surface area contributed by atoms with Crippen LogP contribution in [0.3, 0.4) is 0 Å². The first kappa shape index (κ1) is 15.2. The largest absolute Gasteiger partial charge is 0.396 e. The summed E-state index contributed by atoms with van der Waals surface area (Å²) in [5, 5.41) is 17.6. The quantitative estimate of drug-likeness (QED) is 0.563. The molecule has 0 saturated carbocycles. The van der Waals surface area contributed by atoms with E-state index in [4.69, 9.17) is 24.1 Å². The molecule has 0 amide bonds. The first-order valence-corrected chi connectivity index (χ1v) is 6.99. The molecule has 3 heterocycles. The molecule has 0 spiro atoms. The van der Waals surface area contributed by atoms with Crippen LogP contribution in [0.15, 0.2) is 0 Å². The molecule has 3 fully saturated rings. The minimum absolute atomic E-state index is 0.169. The van der Waals surface area contributed by atoms with E-state index in [1.165, 1.54) is 0 Å². The van der Waals surface area contributed by atoms with Crippen molar-refractivity contribution in [1.29, 1.82) is 0 Å². The van der Waals surface area contributed by atoms with E-state index in [0.29, 0.717) is 31.2 Å². The molecule has 4 unspecified atom stereocenters. The molecule has 2 N–H and O–H groups in total. The second kappa shape index (κ2) is 8.14. The Morgan fingerprint density at radius 3 is 1.95 bits per heavy atom. The van der Waals surface area contributed by atoms with Crippen LogP contribution in [-0.2, 0) is 18.9 Å². The summed E-state index contributed by atoms with van der Waals surface area (Å²) in [7, 11) is 0. The highest BCUT2D eigenvalue weighted by Crippen LogP contribution is 2.17. The van der Waals surface area contributed by atoms with Gasteiger partial charge in [-0.15, -0.1) is 0 Å². The normalized spacial score (nSPS) is 32.2. The minimum atomic E-state index is -0.278. The predicted octanol–water partition coefficient (Wildman–Crippen LogP) is -0.291. The third-order valence-electron chi connectivity index (χ3n) is 3.05. The molecular weight excluding hydrogens is 252 g/mol.